The van der Waals surface area contributed by atoms with Crippen molar-refractivity contribution in [3.8, 4) is 0 Å². The second-order valence-corrected chi connectivity index (χ2v) is 7.89. The van der Waals surface area contributed by atoms with E-state index in [1.54, 1.807) is 12.1 Å². The summed E-state index contributed by atoms with van der Waals surface area (Å²) in [5.41, 5.74) is 2.68. The number of benzene rings is 2. The second-order valence-electron chi connectivity index (χ2n) is 6.83. The molecule has 1 amide bonds. The standard InChI is InChI=1S/C20H22F2N2O2S/c1-20(2,3)15-6-4-14(5-7-15)12-23-26-13-18(25)24-16-8-10-17(11-9-16)27-19(21)22/h4-12,19H,13H2,1-3H3,(H,24,25). The maximum atomic E-state index is 12.3. The average molecular weight is 392 g/mol. The van der Waals surface area contributed by atoms with Crippen molar-refractivity contribution in [1.29, 1.82) is 0 Å². The minimum Gasteiger partial charge on any atom is -0.386 e. The van der Waals surface area contributed by atoms with Crippen molar-refractivity contribution in [3.63, 3.8) is 0 Å². The van der Waals surface area contributed by atoms with Crippen LogP contribution in [0.3, 0.4) is 0 Å². The van der Waals surface area contributed by atoms with Gasteiger partial charge in [-0.05, 0) is 40.8 Å². The number of nitrogens with zero attached hydrogens (tertiary/aromatic N) is 1. The van der Waals surface area contributed by atoms with Gasteiger partial charge in [0.1, 0.15) is 0 Å². The fourth-order valence-electron chi connectivity index (χ4n) is 2.18. The molecule has 0 saturated heterocycles. The fourth-order valence-corrected chi connectivity index (χ4v) is 2.68. The maximum absolute atomic E-state index is 12.3. The quantitative estimate of drug-likeness (QED) is 0.396. The topological polar surface area (TPSA) is 50.7 Å². The molecule has 144 valence electrons. The Hall–Kier alpha value is -2.41. The van der Waals surface area contributed by atoms with E-state index in [2.05, 4.69) is 31.2 Å². The first-order valence-electron chi connectivity index (χ1n) is 8.34. The summed E-state index contributed by atoms with van der Waals surface area (Å²) in [6.45, 7) is 6.18. The van der Waals surface area contributed by atoms with Crippen molar-refractivity contribution in [1.82, 2.24) is 0 Å². The third-order valence-corrected chi connectivity index (χ3v) is 4.33. The van der Waals surface area contributed by atoms with Gasteiger partial charge in [-0.2, -0.15) is 8.78 Å². The van der Waals surface area contributed by atoms with Crippen LogP contribution in [-0.2, 0) is 15.0 Å². The molecule has 0 atom stereocenters. The van der Waals surface area contributed by atoms with Gasteiger partial charge >= 0.3 is 0 Å². The molecule has 0 aliphatic carbocycles. The number of carbonyl (C=O) groups excluding carboxylic acids is 1. The molecule has 0 unspecified atom stereocenters. The van der Waals surface area contributed by atoms with Gasteiger partial charge in [-0.25, -0.2) is 0 Å². The Kier molecular flexibility index (Phi) is 7.36. The normalized spacial score (nSPS) is 11.8. The molecule has 2 rings (SSSR count). The van der Waals surface area contributed by atoms with E-state index in [0.717, 1.165) is 5.56 Å². The smallest absolute Gasteiger partial charge is 0.288 e. The summed E-state index contributed by atoms with van der Waals surface area (Å²) < 4.78 is 24.5. The largest absolute Gasteiger partial charge is 0.386 e. The molecule has 0 bridgehead atoms. The molecular weight excluding hydrogens is 370 g/mol. The van der Waals surface area contributed by atoms with Gasteiger partial charge in [0.15, 0.2) is 6.61 Å². The van der Waals surface area contributed by atoms with Crippen LogP contribution in [0.5, 0.6) is 0 Å². The molecule has 7 heteroatoms. The summed E-state index contributed by atoms with van der Waals surface area (Å²) in [5.74, 6) is -2.86. The summed E-state index contributed by atoms with van der Waals surface area (Å²) in [6, 6.07) is 14.1. The van der Waals surface area contributed by atoms with Gasteiger partial charge in [0.25, 0.3) is 11.7 Å². The average Bonchev–Trinajstić information content (AvgIpc) is 2.60. The summed E-state index contributed by atoms with van der Waals surface area (Å²) in [5, 5.41) is 6.40. The first-order valence-corrected chi connectivity index (χ1v) is 9.22. The lowest BCUT2D eigenvalue weighted by Crippen LogP contribution is -2.16. The Morgan fingerprint density at radius 1 is 1.15 bits per heavy atom. The van der Waals surface area contributed by atoms with Crippen molar-refractivity contribution in [3.05, 3.63) is 59.7 Å². The van der Waals surface area contributed by atoms with Gasteiger partial charge in [0.2, 0.25) is 0 Å². The number of alkyl halides is 2. The minimum atomic E-state index is -2.47. The first-order chi connectivity index (χ1) is 12.7. The van der Waals surface area contributed by atoms with Crippen molar-refractivity contribution >= 4 is 29.6 Å². The number of hydrogen-bond acceptors (Lipinski definition) is 4. The zero-order chi connectivity index (χ0) is 19.9. The number of halogens is 2. The molecule has 0 fully saturated rings. The van der Waals surface area contributed by atoms with Gasteiger partial charge < -0.3 is 10.2 Å². The molecule has 2 aromatic carbocycles. The number of oxime groups is 1. The lowest BCUT2D eigenvalue weighted by molar-refractivity contribution is -0.120. The van der Waals surface area contributed by atoms with Crippen molar-refractivity contribution in [2.45, 2.75) is 36.8 Å². The minimum absolute atomic E-state index is 0.0839. The highest BCUT2D eigenvalue weighted by molar-refractivity contribution is 7.99. The summed E-state index contributed by atoms with van der Waals surface area (Å²) >= 11 is 0.453. The Morgan fingerprint density at radius 3 is 2.33 bits per heavy atom. The van der Waals surface area contributed by atoms with E-state index < -0.39 is 5.76 Å². The highest BCUT2D eigenvalue weighted by Gasteiger charge is 2.12. The Morgan fingerprint density at radius 2 is 1.78 bits per heavy atom. The predicted octanol–water partition coefficient (Wildman–Crippen LogP) is 5.29. The lowest BCUT2D eigenvalue weighted by Gasteiger charge is -2.18. The maximum Gasteiger partial charge on any atom is 0.288 e. The van der Waals surface area contributed by atoms with E-state index >= 15 is 0 Å². The lowest BCUT2D eigenvalue weighted by atomic mass is 9.87. The third-order valence-electron chi connectivity index (χ3n) is 3.61. The van der Waals surface area contributed by atoms with Crippen LogP contribution in [0.15, 0.2) is 58.6 Å². The number of thioether (sulfide) groups is 1. The van der Waals surface area contributed by atoms with E-state index in [0.29, 0.717) is 22.3 Å². The van der Waals surface area contributed by atoms with E-state index in [-0.39, 0.29) is 17.9 Å². The SMILES string of the molecule is CC(C)(C)c1ccc(C=NOCC(=O)Nc2ccc(SC(F)F)cc2)cc1. The number of anilines is 1. The Labute approximate surface area is 162 Å². The first kappa shape index (κ1) is 20.9. The number of nitrogens with one attached hydrogen (secondary N) is 1. The summed E-state index contributed by atoms with van der Waals surface area (Å²) in [6.07, 6.45) is 1.54. The van der Waals surface area contributed by atoms with Crippen LogP contribution in [0.2, 0.25) is 0 Å². The van der Waals surface area contributed by atoms with Crippen LogP contribution < -0.4 is 5.32 Å². The second kappa shape index (κ2) is 9.50. The van der Waals surface area contributed by atoms with Crippen LogP contribution in [0.4, 0.5) is 14.5 Å². The highest BCUT2D eigenvalue weighted by atomic mass is 32.2. The fraction of sp³-hybridized carbons (Fsp3) is 0.300. The molecule has 0 aliphatic rings. The van der Waals surface area contributed by atoms with Gasteiger partial charge in [0, 0.05) is 10.6 Å². The molecule has 0 saturated carbocycles. The summed E-state index contributed by atoms with van der Waals surface area (Å²) in [7, 11) is 0. The monoisotopic (exact) mass is 392 g/mol. The molecule has 0 spiro atoms. The van der Waals surface area contributed by atoms with Gasteiger partial charge in [-0.1, -0.05) is 62.0 Å². The molecule has 4 nitrogen and oxygen atoms in total. The molecular formula is C20H22F2N2O2S. The molecule has 27 heavy (non-hydrogen) atoms. The Balaban J connectivity index is 1.77. The van der Waals surface area contributed by atoms with Crippen molar-refractivity contribution < 1.29 is 18.4 Å². The van der Waals surface area contributed by atoms with Crippen LogP contribution in [-0.4, -0.2) is 24.5 Å². The zero-order valence-corrected chi connectivity index (χ0v) is 16.2. The van der Waals surface area contributed by atoms with Gasteiger partial charge in [0.05, 0.1) is 6.21 Å². The van der Waals surface area contributed by atoms with Gasteiger partial charge in [-0.3, -0.25) is 4.79 Å². The molecule has 0 heterocycles. The van der Waals surface area contributed by atoms with Crippen LogP contribution in [0.1, 0.15) is 31.9 Å². The molecule has 1 N–H and O–H groups in total. The zero-order valence-electron chi connectivity index (χ0n) is 15.4. The van der Waals surface area contributed by atoms with Crippen molar-refractivity contribution in [2.75, 3.05) is 11.9 Å². The van der Waals surface area contributed by atoms with E-state index in [4.69, 9.17) is 4.84 Å². The number of amides is 1. The van der Waals surface area contributed by atoms with E-state index in [9.17, 15) is 13.6 Å². The molecule has 0 aliphatic heterocycles. The Bertz CT molecular complexity index is 770. The summed E-state index contributed by atoms with van der Waals surface area (Å²) in [4.78, 5) is 17.2. The molecule has 2 aromatic rings. The number of hydrogen-bond donors (Lipinski definition) is 1. The van der Waals surface area contributed by atoms with Crippen LogP contribution in [0, 0.1) is 0 Å². The molecule has 0 aromatic heterocycles. The van der Waals surface area contributed by atoms with Crippen LogP contribution >= 0.6 is 11.8 Å². The van der Waals surface area contributed by atoms with Crippen molar-refractivity contribution in [2.24, 2.45) is 5.16 Å². The van der Waals surface area contributed by atoms with Gasteiger partial charge in [-0.15, -0.1) is 0 Å². The predicted molar refractivity (Wildman–Crippen MR) is 106 cm³/mol. The van der Waals surface area contributed by atoms with E-state index in [1.165, 1.54) is 23.9 Å². The number of rotatable bonds is 7. The number of carbonyl (C=O) groups is 1. The van der Waals surface area contributed by atoms with E-state index in [1.807, 2.05) is 24.3 Å². The third kappa shape index (κ3) is 7.38. The molecule has 0 radical (unpaired) electrons. The van der Waals surface area contributed by atoms with Crippen LogP contribution in [0.25, 0.3) is 0 Å². The highest BCUT2D eigenvalue weighted by Crippen LogP contribution is 2.26.